The van der Waals surface area contributed by atoms with Gasteiger partial charge in [0.25, 0.3) is 0 Å². The number of likely N-dealkylation sites (N-methyl/N-ethyl adjacent to an activating group) is 4. The van der Waals surface area contributed by atoms with E-state index in [2.05, 4.69) is 154 Å². The smallest absolute Gasteiger partial charge is 0.249 e. The maximum Gasteiger partial charge on any atom is 0.249 e. The van der Waals surface area contributed by atoms with Crippen molar-refractivity contribution in [3.05, 3.63) is 90.0 Å². The summed E-state index contributed by atoms with van der Waals surface area (Å²) >= 11 is 4.58. The third-order valence-corrected chi connectivity index (χ3v) is 25.0. The number of nitrogens with zero attached hydrogens (tertiary/aromatic N) is 16. The van der Waals surface area contributed by atoms with Gasteiger partial charge in [-0.05, 0) is 217 Å². The van der Waals surface area contributed by atoms with E-state index >= 15 is 0 Å². The molecule has 4 aliphatic rings. The number of ether oxygens (including phenoxy) is 3. The molecule has 0 radical (unpaired) electrons. The van der Waals surface area contributed by atoms with Gasteiger partial charge >= 0.3 is 0 Å². The highest BCUT2D eigenvalue weighted by atomic mass is 35.5. The Morgan fingerprint density at radius 2 is 0.780 bits per heavy atom. The molecule has 0 saturated carbocycles. The maximum atomic E-state index is 14.3. The normalized spacial score (nSPS) is 18.1. The van der Waals surface area contributed by atoms with Crippen LogP contribution < -0.4 is 42.5 Å². The molecule has 4 aliphatic heterocycles. The Kier molecular flexibility index (Phi) is 45.7. The molecule has 42 heteroatoms. The van der Waals surface area contributed by atoms with Gasteiger partial charge in [0.1, 0.15) is 37.4 Å². The zero-order valence-corrected chi connectivity index (χ0v) is 81.2. The molecule has 8 N–H and O–H groups in total. The highest BCUT2D eigenvalue weighted by Gasteiger charge is 2.43. The van der Waals surface area contributed by atoms with Crippen molar-refractivity contribution in [2.24, 2.45) is 0 Å². The lowest BCUT2D eigenvalue weighted by molar-refractivity contribution is -0.142. The molecule has 4 saturated heterocycles. The number of rotatable bonds is 38. The zero-order valence-electron chi connectivity index (χ0n) is 75.5. The molecule has 3 aromatic carbocycles. The number of carbonyl (C=O) groups excluding carboxylic acids is 8. The van der Waals surface area contributed by atoms with Gasteiger partial charge in [-0.25, -0.2) is 14.0 Å². The molecular formula is C85H128Cl4N24O11S3. The summed E-state index contributed by atoms with van der Waals surface area (Å²) in [4.78, 5) is 117. The number of hydrogen-bond acceptors (Lipinski definition) is 27. The van der Waals surface area contributed by atoms with Crippen LogP contribution in [0.25, 0.3) is 11.1 Å². The van der Waals surface area contributed by atoms with E-state index in [1.54, 1.807) is 117 Å². The molecule has 14 atom stereocenters. The summed E-state index contributed by atoms with van der Waals surface area (Å²) in [6.45, 7) is 29.1. The fourth-order valence-corrected chi connectivity index (χ4v) is 16.7. The molecule has 127 heavy (non-hydrogen) atoms. The molecule has 8 amide bonds. The van der Waals surface area contributed by atoms with Gasteiger partial charge in [0.05, 0.1) is 86.8 Å². The Labute approximate surface area is 783 Å². The summed E-state index contributed by atoms with van der Waals surface area (Å²) in [6.07, 6.45) is 4.56. The van der Waals surface area contributed by atoms with Crippen molar-refractivity contribution in [2.45, 2.75) is 282 Å². The van der Waals surface area contributed by atoms with Crippen LogP contribution in [-0.4, -0.2) is 290 Å². The number of aromatic nitrogens is 12. The molecule has 0 aliphatic carbocycles. The molecule has 35 nitrogen and oxygen atoms in total. The minimum absolute atomic E-state index is 0. The molecular weight excluding hydrogens is 1770 g/mol. The van der Waals surface area contributed by atoms with Gasteiger partial charge < -0.3 is 76.3 Å². The summed E-state index contributed by atoms with van der Waals surface area (Å²) in [6, 6.07) is 19.4. The van der Waals surface area contributed by atoms with E-state index in [0.29, 0.717) is 67.8 Å². The van der Waals surface area contributed by atoms with Crippen LogP contribution in [0, 0.1) is 23.7 Å². The first-order chi connectivity index (χ1) is 58.8. The fourth-order valence-electron chi connectivity index (χ4n) is 14.2. The van der Waals surface area contributed by atoms with Crippen LogP contribution in [0.1, 0.15) is 159 Å². The van der Waals surface area contributed by atoms with Crippen molar-refractivity contribution in [3.8, 4) is 34.8 Å². The van der Waals surface area contributed by atoms with Gasteiger partial charge in [-0.3, -0.25) is 38.4 Å². The Hall–Kier alpha value is -8.32. The van der Waals surface area contributed by atoms with Gasteiger partial charge in [0.2, 0.25) is 62.7 Å². The van der Waals surface area contributed by atoms with Crippen molar-refractivity contribution >= 4 is 132 Å². The van der Waals surface area contributed by atoms with Crippen LogP contribution in [0.5, 0.6) is 0 Å². The Morgan fingerprint density at radius 3 is 1.15 bits per heavy atom. The van der Waals surface area contributed by atoms with Crippen LogP contribution in [0.3, 0.4) is 0 Å². The summed E-state index contributed by atoms with van der Waals surface area (Å²) in [5.74, 6) is 9.20. The molecule has 6 aromatic rings. The maximum absolute atomic E-state index is 14.3. The minimum Gasteiger partial charge on any atom is -0.371 e. The van der Waals surface area contributed by atoms with Crippen molar-refractivity contribution in [1.29, 1.82) is 0 Å². The SMILES string of the molecule is CN[C@@H](C)C(=O)N[C@H](C(=O)N1CCC[C@H]1Cn1nnnc1SC(C)(C)C)[C@@H](C)OCC#CC#CCO[C@@H](C)[C@@H](NC(=O)[C@H](C)NC)C(=O)N1CCC[C@@H]1Cn1nnnc1SC(C)(C)C.CN[C@@H](C)C(=O)N[C@H](C(=O)N1CCC[C@H]1Cn1nnnc1Sc1ccccc1)[C@@H](C)OCc1ccc(-c2ccc([C@@H](NC(=O)[C@@H](C)NC)C(=O)N3CCCC3)cc2)cc1.Cl.Cl.Cl.Cl. The lowest BCUT2D eigenvalue weighted by Crippen LogP contribution is -2.58. The Balaban J connectivity index is 0.000000438. The number of halogens is 4. The van der Waals surface area contributed by atoms with Gasteiger partial charge in [-0.2, -0.15) is 0 Å². The van der Waals surface area contributed by atoms with Crippen molar-refractivity contribution in [3.63, 3.8) is 0 Å². The molecule has 4 fully saturated rings. The van der Waals surface area contributed by atoms with E-state index < -0.39 is 66.6 Å². The Bertz CT molecular complexity index is 4460. The number of tetrazole rings is 3. The summed E-state index contributed by atoms with van der Waals surface area (Å²) in [5, 5.41) is 62.3. The predicted molar refractivity (Wildman–Crippen MR) is 498 cm³/mol. The largest absolute Gasteiger partial charge is 0.371 e. The first kappa shape index (κ1) is 109. The molecule has 7 heterocycles. The lowest BCUT2D eigenvalue weighted by atomic mass is 9.99. The second kappa shape index (κ2) is 53.1. The molecule has 700 valence electrons. The van der Waals surface area contributed by atoms with E-state index in [9.17, 15) is 38.4 Å². The molecule has 0 spiro atoms. The van der Waals surface area contributed by atoms with Crippen LogP contribution >= 0.6 is 84.9 Å². The van der Waals surface area contributed by atoms with Gasteiger partial charge in [-0.1, -0.05) is 144 Å². The summed E-state index contributed by atoms with van der Waals surface area (Å²) < 4.78 is 23.3. The number of benzene rings is 3. The summed E-state index contributed by atoms with van der Waals surface area (Å²) in [5.41, 5.74) is 3.55. The molecule has 0 unspecified atom stereocenters. The van der Waals surface area contributed by atoms with Crippen LogP contribution in [-0.2, 0) is 78.8 Å². The van der Waals surface area contributed by atoms with Crippen molar-refractivity contribution in [2.75, 3.05) is 74.1 Å². The van der Waals surface area contributed by atoms with Crippen molar-refractivity contribution < 1.29 is 52.6 Å². The third-order valence-electron chi connectivity index (χ3n) is 21.9. The highest BCUT2D eigenvalue weighted by Crippen LogP contribution is 2.34. The number of carbonyl (C=O) groups is 8. The molecule has 3 aromatic heterocycles. The minimum atomic E-state index is -0.975. The second-order valence-electron chi connectivity index (χ2n) is 33.2. The number of nitrogens with one attached hydrogen (secondary N) is 8. The quantitative estimate of drug-likeness (QED) is 0.0154. The average molecular weight is 1900 g/mol. The molecule has 0 bridgehead atoms. The highest BCUT2D eigenvalue weighted by molar-refractivity contribution is 8.00. The molecule has 10 rings (SSSR count). The zero-order chi connectivity index (χ0) is 89.1. The predicted octanol–water partition coefficient (Wildman–Crippen LogP) is 6.38. The first-order valence-electron chi connectivity index (χ1n) is 42.3. The van der Waals surface area contributed by atoms with E-state index in [0.717, 1.165) is 78.5 Å². The monoisotopic (exact) mass is 1900 g/mol. The van der Waals surface area contributed by atoms with E-state index in [-0.39, 0.29) is 144 Å². The van der Waals surface area contributed by atoms with Crippen LogP contribution in [0.2, 0.25) is 0 Å². The average Bonchev–Trinajstić information content (AvgIpc) is 1.82. The number of hydrogen-bond donors (Lipinski definition) is 8. The fraction of sp³-hybridized carbons (Fsp3) is 0.612. The van der Waals surface area contributed by atoms with Gasteiger partial charge in [0.15, 0.2) is 0 Å². The second-order valence-corrected chi connectivity index (χ2v) is 37.8. The van der Waals surface area contributed by atoms with Crippen LogP contribution in [0.15, 0.2) is 99.2 Å². The summed E-state index contributed by atoms with van der Waals surface area (Å²) in [7, 11) is 6.76. The van der Waals surface area contributed by atoms with Gasteiger partial charge in [0, 0.05) is 47.1 Å². The van der Waals surface area contributed by atoms with E-state index in [1.807, 2.05) is 95.6 Å². The van der Waals surface area contributed by atoms with Crippen LogP contribution in [0.4, 0.5) is 0 Å². The number of likely N-dealkylation sites (tertiary alicyclic amines) is 4. The van der Waals surface area contributed by atoms with E-state index in [4.69, 9.17) is 14.2 Å². The standard InChI is InChI=1S/C43H56N10O5S.C42H68N14O6S2.4ClH/c1-28(44-4)39(54)46-37(42(57)52-25-11-12-35(52)26-53-43(48-49-50-53)59-36-13-7-6-8-14-36)30(3)58-27-31-15-17-32(18-16-31)33-19-21-34(22-20-33)38(47-40(55)29(2)45-5)41(56)51-23-9-10-24-51;1-27(43-11)35(57)45-33(37(59)53-21-17-19-31(53)25-55-39(47-49-51-55)63-41(5,6)7)29(3)61-23-15-13-14-16-24-62-30(4)34(46-36(58)28(2)44-12)38(60)54-22-18-20-32(54)26-56-40(48-50-52-56)64-42(8,9)10;;;;/h6-8,13-22,28-30,35,37-38,44-45H,9-12,23-27H2,1-5H3,(H,46,54)(H,47,55);27-34,43-44H,17-26H2,1-12H3,(H,45,57)(H,46,58);4*1H/t28-,29+,30+,35-,37-,38+;27-,28-,29-,30+,31+,32-,33+,34-;;;;/m00..../s1. The topological polar surface area (TPSA) is 404 Å². The first-order valence-corrected chi connectivity index (χ1v) is 44.7. The van der Waals surface area contributed by atoms with Gasteiger partial charge in [-0.15, -0.1) is 64.9 Å². The Morgan fingerprint density at radius 1 is 0.433 bits per heavy atom. The van der Waals surface area contributed by atoms with E-state index in [1.165, 1.54) is 11.8 Å². The lowest BCUT2D eigenvalue weighted by Gasteiger charge is -2.32. The third kappa shape index (κ3) is 32.3. The number of thioether (sulfide) groups is 2. The number of amides is 8. The van der Waals surface area contributed by atoms with Crippen molar-refractivity contribution in [1.82, 2.24) is 123 Å².